The van der Waals surface area contributed by atoms with E-state index in [0.29, 0.717) is 11.3 Å². The molecule has 0 spiro atoms. The van der Waals surface area contributed by atoms with Crippen LogP contribution >= 0.6 is 0 Å². The first kappa shape index (κ1) is 14.8. The summed E-state index contributed by atoms with van der Waals surface area (Å²) in [7, 11) is 1.62. The Labute approximate surface area is 140 Å². The molecule has 1 aliphatic carbocycles. The first-order valence-electron chi connectivity index (χ1n) is 8.16. The van der Waals surface area contributed by atoms with Gasteiger partial charge in [0.05, 0.1) is 7.11 Å². The van der Waals surface area contributed by atoms with Gasteiger partial charge in [-0.15, -0.1) is 0 Å². The predicted octanol–water partition coefficient (Wildman–Crippen LogP) is 4.49. The van der Waals surface area contributed by atoms with Crippen molar-refractivity contribution in [2.45, 2.75) is 26.2 Å². The van der Waals surface area contributed by atoms with Gasteiger partial charge in [-0.25, -0.2) is 0 Å². The van der Waals surface area contributed by atoms with Crippen LogP contribution in [0, 0.1) is 6.92 Å². The smallest absolute Gasteiger partial charge is 0.291 e. The predicted molar refractivity (Wildman–Crippen MR) is 93.9 cm³/mol. The molecule has 4 heteroatoms. The second-order valence-corrected chi connectivity index (χ2v) is 6.21. The number of aryl methyl sites for hydroxylation is 3. The number of rotatable bonds is 3. The molecule has 122 valence electrons. The van der Waals surface area contributed by atoms with Gasteiger partial charge in [-0.3, -0.25) is 4.79 Å². The van der Waals surface area contributed by atoms with Crippen molar-refractivity contribution in [3.8, 4) is 5.75 Å². The van der Waals surface area contributed by atoms with Crippen molar-refractivity contribution < 1.29 is 13.9 Å². The number of furan rings is 1. The molecule has 4 nitrogen and oxygen atoms in total. The van der Waals surface area contributed by atoms with E-state index in [1.807, 2.05) is 31.2 Å². The van der Waals surface area contributed by atoms with Gasteiger partial charge in [-0.2, -0.15) is 0 Å². The van der Waals surface area contributed by atoms with Crippen LogP contribution in [0.2, 0.25) is 0 Å². The number of carbonyl (C=O) groups is 1. The molecule has 0 bridgehead atoms. The van der Waals surface area contributed by atoms with E-state index in [1.54, 1.807) is 7.11 Å². The quantitative estimate of drug-likeness (QED) is 0.773. The highest BCUT2D eigenvalue weighted by Gasteiger charge is 2.19. The lowest BCUT2D eigenvalue weighted by molar-refractivity contribution is 0.0998. The fourth-order valence-electron chi connectivity index (χ4n) is 3.38. The topological polar surface area (TPSA) is 51.5 Å². The van der Waals surface area contributed by atoms with E-state index < -0.39 is 0 Å². The molecule has 1 heterocycles. The summed E-state index contributed by atoms with van der Waals surface area (Å²) < 4.78 is 11.0. The molecule has 0 fully saturated rings. The molecule has 2 aromatic carbocycles. The lowest BCUT2D eigenvalue weighted by atomic mass is 10.1. The summed E-state index contributed by atoms with van der Waals surface area (Å²) in [6.07, 6.45) is 3.41. The van der Waals surface area contributed by atoms with Crippen LogP contribution in [-0.4, -0.2) is 13.0 Å². The first-order chi connectivity index (χ1) is 11.7. The molecular weight excluding hydrogens is 302 g/mol. The molecular formula is C20H19NO3. The highest BCUT2D eigenvalue weighted by atomic mass is 16.5. The zero-order chi connectivity index (χ0) is 16.7. The number of hydrogen-bond acceptors (Lipinski definition) is 3. The zero-order valence-corrected chi connectivity index (χ0v) is 13.8. The van der Waals surface area contributed by atoms with Crippen molar-refractivity contribution in [2.24, 2.45) is 0 Å². The minimum atomic E-state index is -0.222. The Kier molecular flexibility index (Phi) is 3.53. The van der Waals surface area contributed by atoms with Crippen LogP contribution in [0.1, 0.15) is 33.7 Å². The van der Waals surface area contributed by atoms with Crippen molar-refractivity contribution in [3.05, 3.63) is 58.8 Å². The number of nitrogens with one attached hydrogen (secondary N) is 1. The molecule has 1 aromatic heterocycles. The third-order valence-corrected chi connectivity index (χ3v) is 4.71. The molecule has 1 aliphatic rings. The van der Waals surface area contributed by atoms with Crippen LogP contribution in [0.25, 0.3) is 11.0 Å². The molecule has 4 rings (SSSR count). The Morgan fingerprint density at radius 2 is 1.96 bits per heavy atom. The molecule has 24 heavy (non-hydrogen) atoms. The van der Waals surface area contributed by atoms with E-state index in [9.17, 15) is 4.79 Å². The maximum absolute atomic E-state index is 12.6. The number of anilines is 1. The molecule has 0 saturated carbocycles. The van der Waals surface area contributed by atoms with E-state index >= 15 is 0 Å². The summed E-state index contributed by atoms with van der Waals surface area (Å²) >= 11 is 0. The van der Waals surface area contributed by atoms with Crippen molar-refractivity contribution in [3.63, 3.8) is 0 Å². The summed E-state index contributed by atoms with van der Waals surface area (Å²) in [6.45, 7) is 1.89. The Morgan fingerprint density at radius 3 is 2.79 bits per heavy atom. The lowest BCUT2D eigenvalue weighted by Gasteiger charge is -2.06. The maximum atomic E-state index is 12.6. The van der Waals surface area contributed by atoms with Gasteiger partial charge in [-0.05, 0) is 67.6 Å². The van der Waals surface area contributed by atoms with Crippen LogP contribution < -0.4 is 10.1 Å². The highest BCUT2D eigenvalue weighted by Crippen LogP contribution is 2.30. The SMILES string of the molecule is COc1ccc2oc(C(=O)Nc3ccc4c(c3)CCC4)c(C)c2c1. The number of hydrogen-bond donors (Lipinski definition) is 1. The average molecular weight is 321 g/mol. The lowest BCUT2D eigenvalue weighted by Crippen LogP contribution is -2.12. The third kappa shape index (κ3) is 2.44. The second kappa shape index (κ2) is 5.71. The molecule has 0 unspecified atom stereocenters. The molecule has 1 amide bonds. The summed E-state index contributed by atoms with van der Waals surface area (Å²) in [5.74, 6) is 0.872. The van der Waals surface area contributed by atoms with Crippen molar-refractivity contribution >= 4 is 22.6 Å². The number of methoxy groups -OCH3 is 1. The van der Waals surface area contributed by atoms with Gasteiger partial charge in [0.15, 0.2) is 5.76 Å². The fraction of sp³-hybridized carbons (Fsp3) is 0.250. The van der Waals surface area contributed by atoms with Gasteiger partial charge < -0.3 is 14.5 Å². The number of carbonyl (C=O) groups excluding carboxylic acids is 1. The van der Waals surface area contributed by atoms with Gasteiger partial charge in [0, 0.05) is 16.6 Å². The van der Waals surface area contributed by atoms with Gasteiger partial charge in [-0.1, -0.05) is 6.07 Å². The zero-order valence-electron chi connectivity index (χ0n) is 13.8. The third-order valence-electron chi connectivity index (χ3n) is 4.71. The van der Waals surface area contributed by atoms with E-state index in [1.165, 1.54) is 17.5 Å². The van der Waals surface area contributed by atoms with Crippen LogP contribution in [0.4, 0.5) is 5.69 Å². The van der Waals surface area contributed by atoms with E-state index in [2.05, 4.69) is 17.4 Å². The van der Waals surface area contributed by atoms with Crippen molar-refractivity contribution in [1.82, 2.24) is 0 Å². The monoisotopic (exact) mass is 321 g/mol. The Bertz CT molecular complexity index is 939. The van der Waals surface area contributed by atoms with E-state index in [-0.39, 0.29) is 5.91 Å². The largest absolute Gasteiger partial charge is 0.497 e. The molecule has 1 N–H and O–H groups in total. The standard InChI is InChI=1S/C20H19NO3/c1-12-17-11-16(23-2)8-9-18(17)24-19(12)20(22)21-15-7-6-13-4-3-5-14(13)10-15/h6-11H,3-5H2,1-2H3,(H,21,22). The van der Waals surface area contributed by atoms with E-state index in [0.717, 1.165) is 35.2 Å². The Balaban J connectivity index is 1.64. The summed E-state index contributed by atoms with van der Waals surface area (Å²) in [5, 5.41) is 3.85. The van der Waals surface area contributed by atoms with E-state index in [4.69, 9.17) is 9.15 Å². The Hall–Kier alpha value is -2.75. The van der Waals surface area contributed by atoms with Crippen LogP contribution in [0.5, 0.6) is 5.75 Å². The Morgan fingerprint density at radius 1 is 1.12 bits per heavy atom. The maximum Gasteiger partial charge on any atom is 0.291 e. The van der Waals surface area contributed by atoms with Gasteiger partial charge in [0.2, 0.25) is 0 Å². The minimum absolute atomic E-state index is 0.222. The molecule has 0 saturated heterocycles. The molecule has 3 aromatic rings. The first-order valence-corrected chi connectivity index (χ1v) is 8.16. The normalized spacial score (nSPS) is 13.1. The molecule has 0 aliphatic heterocycles. The highest BCUT2D eigenvalue weighted by molar-refractivity contribution is 6.06. The van der Waals surface area contributed by atoms with Crippen LogP contribution in [-0.2, 0) is 12.8 Å². The summed E-state index contributed by atoms with van der Waals surface area (Å²) in [5.41, 5.74) is 5.05. The van der Waals surface area contributed by atoms with Crippen molar-refractivity contribution in [2.75, 3.05) is 12.4 Å². The van der Waals surface area contributed by atoms with Crippen LogP contribution in [0.3, 0.4) is 0 Å². The molecule has 0 atom stereocenters. The molecule has 0 radical (unpaired) electrons. The van der Waals surface area contributed by atoms with Gasteiger partial charge in [0.1, 0.15) is 11.3 Å². The van der Waals surface area contributed by atoms with Gasteiger partial charge in [0.25, 0.3) is 5.91 Å². The minimum Gasteiger partial charge on any atom is -0.497 e. The number of amides is 1. The number of fused-ring (bicyclic) bond motifs is 2. The number of ether oxygens (including phenoxy) is 1. The average Bonchev–Trinajstić information content (AvgIpc) is 3.18. The fourth-order valence-corrected chi connectivity index (χ4v) is 3.38. The van der Waals surface area contributed by atoms with Gasteiger partial charge >= 0.3 is 0 Å². The second-order valence-electron chi connectivity index (χ2n) is 6.21. The van der Waals surface area contributed by atoms with Crippen molar-refractivity contribution in [1.29, 1.82) is 0 Å². The summed E-state index contributed by atoms with van der Waals surface area (Å²) in [4.78, 5) is 12.6. The number of benzene rings is 2. The van der Waals surface area contributed by atoms with Crippen LogP contribution in [0.15, 0.2) is 40.8 Å². The summed E-state index contributed by atoms with van der Waals surface area (Å²) in [6, 6.07) is 11.7.